The van der Waals surface area contributed by atoms with Crippen LogP contribution in [0.5, 0.6) is 5.75 Å². The maximum Gasteiger partial charge on any atom is 0.243 e. The minimum atomic E-state index is -3.72. The lowest BCUT2D eigenvalue weighted by atomic mass is 10.2. The van der Waals surface area contributed by atoms with Crippen molar-refractivity contribution in [3.8, 4) is 5.75 Å². The second-order valence-electron chi connectivity index (χ2n) is 5.95. The van der Waals surface area contributed by atoms with E-state index < -0.39 is 16.1 Å². The third kappa shape index (κ3) is 3.92. The van der Waals surface area contributed by atoms with Gasteiger partial charge in [0.05, 0.1) is 12.0 Å². The van der Waals surface area contributed by atoms with Gasteiger partial charge in [0, 0.05) is 16.7 Å². The van der Waals surface area contributed by atoms with Crippen molar-refractivity contribution in [2.45, 2.75) is 23.8 Å². The zero-order valence-electron chi connectivity index (χ0n) is 14.2. The van der Waals surface area contributed by atoms with E-state index in [1.807, 2.05) is 0 Å². The van der Waals surface area contributed by atoms with Crippen LogP contribution in [0.2, 0.25) is 0 Å². The fourth-order valence-corrected chi connectivity index (χ4v) is 4.85. The number of nitrogens with zero attached hydrogens (tertiary/aromatic N) is 1. The Kier molecular flexibility index (Phi) is 5.64. The molecule has 1 atom stereocenters. The van der Waals surface area contributed by atoms with Crippen LogP contribution in [-0.4, -0.2) is 38.3 Å². The molecule has 1 aliphatic rings. The van der Waals surface area contributed by atoms with Crippen LogP contribution >= 0.6 is 15.9 Å². The maximum atomic E-state index is 12.9. The largest absolute Gasteiger partial charge is 0.497 e. The van der Waals surface area contributed by atoms with E-state index in [0.29, 0.717) is 30.8 Å². The molecule has 1 unspecified atom stereocenters. The third-order valence-corrected chi connectivity index (χ3v) is 6.74. The standard InChI is InChI=1S/C18H19BrN2O4S/c1-25-15-8-6-14(7-9-15)20-18(22)17-3-2-12-21(17)26(23,24)16-10-4-13(19)5-11-16/h4-11,17H,2-3,12H2,1H3,(H,20,22). The minimum Gasteiger partial charge on any atom is -0.497 e. The summed E-state index contributed by atoms with van der Waals surface area (Å²) in [7, 11) is -2.15. The van der Waals surface area contributed by atoms with Gasteiger partial charge in [-0.1, -0.05) is 15.9 Å². The number of amides is 1. The van der Waals surface area contributed by atoms with Crippen LogP contribution in [0.4, 0.5) is 5.69 Å². The molecule has 1 heterocycles. The quantitative estimate of drug-likeness (QED) is 0.776. The van der Waals surface area contributed by atoms with E-state index in [2.05, 4.69) is 21.2 Å². The summed E-state index contributed by atoms with van der Waals surface area (Å²) in [6, 6.07) is 12.6. The average molecular weight is 439 g/mol. The maximum absolute atomic E-state index is 12.9. The Morgan fingerprint density at radius 2 is 1.81 bits per heavy atom. The number of sulfonamides is 1. The molecule has 1 aliphatic heterocycles. The highest BCUT2D eigenvalue weighted by Gasteiger charge is 2.39. The number of anilines is 1. The van der Waals surface area contributed by atoms with E-state index in [0.717, 1.165) is 4.47 Å². The molecule has 0 bridgehead atoms. The average Bonchev–Trinajstić information content (AvgIpc) is 3.13. The normalized spacial score (nSPS) is 17.8. The van der Waals surface area contributed by atoms with Crippen LogP contribution in [-0.2, 0) is 14.8 Å². The van der Waals surface area contributed by atoms with E-state index in [9.17, 15) is 13.2 Å². The Labute approximate surface area is 161 Å². The predicted octanol–water partition coefficient (Wildman–Crippen LogP) is 3.25. The molecule has 26 heavy (non-hydrogen) atoms. The first kappa shape index (κ1) is 18.9. The van der Waals surface area contributed by atoms with Gasteiger partial charge in [-0.25, -0.2) is 8.42 Å². The van der Waals surface area contributed by atoms with Crippen LogP contribution in [0, 0.1) is 0 Å². The number of ether oxygens (including phenoxy) is 1. The summed E-state index contributed by atoms with van der Waals surface area (Å²) >= 11 is 3.30. The van der Waals surface area contributed by atoms with Crippen molar-refractivity contribution in [1.29, 1.82) is 0 Å². The Morgan fingerprint density at radius 1 is 1.15 bits per heavy atom. The molecule has 2 aromatic carbocycles. The van der Waals surface area contributed by atoms with E-state index in [1.165, 1.54) is 16.4 Å². The first-order valence-electron chi connectivity index (χ1n) is 8.14. The van der Waals surface area contributed by atoms with Crippen molar-refractivity contribution in [1.82, 2.24) is 4.31 Å². The number of nitrogens with one attached hydrogen (secondary N) is 1. The smallest absolute Gasteiger partial charge is 0.243 e. The van der Waals surface area contributed by atoms with E-state index in [1.54, 1.807) is 43.5 Å². The summed E-state index contributed by atoms with van der Waals surface area (Å²) in [5, 5.41) is 2.79. The van der Waals surface area contributed by atoms with Gasteiger partial charge < -0.3 is 10.1 Å². The van der Waals surface area contributed by atoms with Gasteiger partial charge in [-0.3, -0.25) is 4.79 Å². The third-order valence-electron chi connectivity index (χ3n) is 4.28. The Balaban J connectivity index is 1.78. The molecule has 3 rings (SSSR count). The molecule has 138 valence electrons. The zero-order valence-corrected chi connectivity index (χ0v) is 16.6. The minimum absolute atomic E-state index is 0.185. The van der Waals surface area contributed by atoms with Crippen LogP contribution in [0.3, 0.4) is 0 Å². The van der Waals surface area contributed by atoms with Crippen molar-refractivity contribution in [3.63, 3.8) is 0 Å². The second kappa shape index (κ2) is 7.77. The summed E-state index contributed by atoms with van der Waals surface area (Å²) in [4.78, 5) is 12.8. The molecule has 1 N–H and O–H groups in total. The number of carbonyl (C=O) groups excluding carboxylic acids is 1. The van der Waals surface area contributed by atoms with Crippen molar-refractivity contribution >= 4 is 37.5 Å². The van der Waals surface area contributed by atoms with Crippen LogP contribution in [0.1, 0.15) is 12.8 Å². The van der Waals surface area contributed by atoms with E-state index in [-0.39, 0.29) is 10.8 Å². The molecule has 1 fully saturated rings. The molecule has 1 amide bonds. The molecule has 1 saturated heterocycles. The molecule has 8 heteroatoms. The van der Waals surface area contributed by atoms with Gasteiger partial charge in [0.15, 0.2) is 0 Å². The Bertz CT molecular complexity index is 882. The van der Waals surface area contributed by atoms with Crippen molar-refractivity contribution in [2.75, 3.05) is 19.0 Å². The first-order chi connectivity index (χ1) is 12.4. The first-order valence-corrected chi connectivity index (χ1v) is 10.4. The number of carbonyl (C=O) groups is 1. The number of methoxy groups -OCH3 is 1. The highest BCUT2D eigenvalue weighted by Crippen LogP contribution is 2.28. The molecular formula is C18H19BrN2O4S. The van der Waals surface area contributed by atoms with Crippen molar-refractivity contribution in [3.05, 3.63) is 53.0 Å². The molecule has 0 saturated carbocycles. The van der Waals surface area contributed by atoms with Crippen LogP contribution < -0.4 is 10.1 Å². The molecular weight excluding hydrogens is 420 g/mol. The lowest BCUT2D eigenvalue weighted by Gasteiger charge is -2.23. The van der Waals surface area contributed by atoms with E-state index in [4.69, 9.17) is 4.74 Å². The molecule has 0 radical (unpaired) electrons. The summed E-state index contributed by atoms with van der Waals surface area (Å²) in [6.45, 7) is 0.332. The fourth-order valence-electron chi connectivity index (χ4n) is 2.93. The predicted molar refractivity (Wildman–Crippen MR) is 103 cm³/mol. The van der Waals surface area contributed by atoms with E-state index >= 15 is 0 Å². The Morgan fingerprint density at radius 3 is 2.42 bits per heavy atom. The fraction of sp³-hybridized carbons (Fsp3) is 0.278. The van der Waals surface area contributed by atoms with Crippen LogP contribution in [0.15, 0.2) is 57.9 Å². The summed E-state index contributed by atoms with van der Waals surface area (Å²) in [5.41, 5.74) is 0.601. The second-order valence-corrected chi connectivity index (χ2v) is 8.75. The van der Waals surface area contributed by atoms with Gasteiger partial charge in [-0.05, 0) is 61.4 Å². The number of hydrogen-bond donors (Lipinski definition) is 1. The van der Waals surface area contributed by atoms with Gasteiger partial charge in [0.25, 0.3) is 0 Å². The summed E-state index contributed by atoms with van der Waals surface area (Å²) < 4.78 is 33.0. The lowest BCUT2D eigenvalue weighted by molar-refractivity contribution is -0.119. The molecule has 0 aromatic heterocycles. The molecule has 2 aromatic rings. The van der Waals surface area contributed by atoms with Crippen molar-refractivity contribution < 1.29 is 17.9 Å². The molecule has 6 nitrogen and oxygen atoms in total. The molecule has 0 spiro atoms. The monoisotopic (exact) mass is 438 g/mol. The van der Waals surface area contributed by atoms with Gasteiger partial charge >= 0.3 is 0 Å². The van der Waals surface area contributed by atoms with Gasteiger partial charge in [0.1, 0.15) is 11.8 Å². The Hall–Kier alpha value is -1.90. The zero-order chi connectivity index (χ0) is 18.7. The van der Waals surface area contributed by atoms with Crippen molar-refractivity contribution in [2.24, 2.45) is 0 Å². The summed E-state index contributed by atoms with van der Waals surface area (Å²) in [6.07, 6.45) is 1.15. The number of benzene rings is 2. The number of rotatable bonds is 5. The van der Waals surface area contributed by atoms with Gasteiger partial charge in [-0.15, -0.1) is 0 Å². The number of hydrogen-bond acceptors (Lipinski definition) is 4. The SMILES string of the molecule is COc1ccc(NC(=O)C2CCCN2S(=O)(=O)c2ccc(Br)cc2)cc1. The number of halogens is 1. The van der Waals surface area contributed by atoms with Gasteiger partial charge in [-0.2, -0.15) is 4.31 Å². The highest BCUT2D eigenvalue weighted by molar-refractivity contribution is 9.10. The lowest BCUT2D eigenvalue weighted by Crippen LogP contribution is -2.43. The topological polar surface area (TPSA) is 75.7 Å². The molecule has 0 aliphatic carbocycles. The van der Waals surface area contributed by atoms with Crippen LogP contribution in [0.25, 0.3) is 0 Å². The van der Waals surface area contributed by atoms with Gasteiger partial charge in [0.2, 0.25) is 15.9 Å². The highest BCUT2D eigenvalue weighted by atomic mass is 79.9. The summed E-state index contributed by atoms with van der Waals surface area (Å²) in [5.74, 6) is 0.358.